The largest absolute Gasteiger partial charge is 0.328 e. The van der Waals surface area contributed by atoms with Gasteiger partial charge in [0.15, 0.2) is 0 Å². The summed E-state index contributed by atoms with van der Waals surface area (Å²) in [6.45, 7) is 1.88. The third kappa shape index (κ3) is 3.31. The summed E-state index contributed by atoms with van der Waals surface area (Å²) in [5.41, 5.74) is 2.93. The van der Waals surface area contributed by atoms with Gasteiger partial charge < -0.3 is 10.6 Å². The third-order valence-electron chi connectivity index (χ3n) is 4.29. The lowest BCUT2D eigenvalue weighted by Crippen LogP contribution is -2.31. The van der Waals surface area contributed by atoms with Gasteiger partial charge in [0.1, 0.15) is 6.04 Å². The number of fused-ring (bicyclic) bond motifs is 1. The number of pyridine rings is 1. The zero-order chi connectivity index (χ0) is 18.8. The quantitative estimate of drug-likeness (QED) is 0.678. The number of benzene rings is 1. The number of hydrogen-bond donors (Lipinski definition) is 2. The Kier molecular flexibility index (Phi) is 4.64. The minimum absolute atomic E-state index is 0.188. The van der Waals surface area contributed by atoms with Gasteiger partial charge in [0, 0.05) is 23.8 Å². The Labute approximate surface area is 160 Å². The Hall–Kier alpha value is -3.13. The molecule has 0 bridgehead atoms. The van der Waals surface area contributed by atoms with Crippen LogP contribution in [0.25, 0.3) is 0 Å². The van der Waals surface area contributed by atoms with Crippen LogP contribution in [0.15, 0.2) is 71.3 Å². The molecule has 0 fully saturated rings. The molecule has 136 valence electrons. The molecular weight excluding hydrogens is 360 g/mol. The van der Waals surface area contributed by atoms with E-state index in [-0.39, 0.29) is 5.91 Å². The van der Waals surface area contributed by atoms with Crippen molar-refractivity contribution in [2.45, 2.75) is 18.1 Å². The SMILES string of the molecule is CSc1nc2n(n1)[C@@H](c1cccnc1)C(C(=O)Nc1ccccc1)=C(C)N2. The molecule has 27 heavy (non-hydrogen) atoms. The van der Waals surface area contributed by atoms with Gasteiger partial charge in [-0.3, -0.25) is 9.78 Å². The number of aromatic nitrogens is 4. The minimum Gasteiger partial charge on any atom is -0.328 e. The number of thioether (sulfide) groups is 1. The number of para-hydroxylation sites is 1. The van der Waals surface area contributed by atoms with Crippen LogP contribution in [0, 0.1) is 0 Å². The van der Waals surface area contributed by atoms with E-state index in [0.29, 0.717) is 16.7 Å². The van der Waals surface area contributed by atoms with Crippen LogP contribution in [0.3, 0.4) is 0 Å². The van der Waals surface area contributed by atoms with Crippen LogP contribution in [0.4, 0.5) is 11.6 Å². The zero-order valence-electron chi connectivity index (χ0n) is 14.9. The van der Waals surface area contributed by atoms with E-state index in [0.717, 1.165) is 16.9 Å². The molecular formula is C19H18N6OS. The van der Waals surface area contributed by atoms with Crippen LogP contribution in [0.5, 0.6) is 0 Å². The van der Waals surface area contributed by atoms with Crippen molar-refractivity contribution in [3.05, 3.63) is 71.7 Å². The summed E-state index contributed by atoms with van der Waals surface area (Å²) < 4.78 is 1.75. The number of hydrogen-bond acceptors (Lipinski definition) is 6. The Morgan fingerprint density at radius 3 is 2.74 bits per heavy atom. The summed E-state index contributed by atoms with van der Waals surface area (Å²) in [6, 6.07) is 12.8. The van der Waals surface area contributed by atoms with Gasteiger partial charge in [0.25, 0.3) is 5.91 Å². The summed E-state index contributed by atoms with van der Waals surface area (Å²) in [7, 11) is 0. The lowest BCUT2D eigenvalue weighted by atomic mass is 9.96. The third-order valence-corrected chi connectivity index (χ3v) is 4.83. The number of allylic oxidation sites excluding steroid dienone is 1. The maximum atomic E-state index is 13.2. The molecule has 3 heterocycles. The highest BCUT2D eigenvalue weighted by Gasteiger charge is 2.34. The highest BCUT2D eigenvalue weighted by Crippen LogP contribution is 2.36. The summed E-state index contributed by atoms with van der Waals surface area (Å²) in [6.07, 6.45) is 5.38. The molecule has 4 rings (SSSR count). The molecule has 0 spiro atoms. The first kappa shape index (κ1) is 17.3. The molecule has 2 aromatic heterocycles. The Morgan fingerprint density at radius 2 is 2.04 bits per heavy atom. The summed E-state index contributed by atoms with van der Waals surface area (Å²) in [4.78, 5) is 21.9. The fourth-order valence-corrected chi connectivity index (χ4v) is 3.43. The van der Waals surface area contributed by atoms with Crippen molar-refractivity contribution < 1.29 is 4.79 Å². The van der Waals surface area contributed by atoms with Crippen LogP contribution in [0.1, 0.15) is 18.5 Å². The maximum Gasteiger partial charge on any atom is 0.255 e. The predicted molar refractivity (Wildman–Crippen MR) is 106 cm³/mol. The van der Waals surface area contributed by atoms with Crippen molar-refractivity contribution in [2.24, 2.45) is 0 Å². The molecule has 1 atom stereocenters. The van der Waals surface area contributed by atoms with E-state index in [1.807, 2.05) is 55.6 Å². The lowest BCUT2D eigenvalue weighted by molar-refractivity contribution is -0.113. The van der Waals surface area contributed by atoms with E-state index < -0.39 is 6.04 Å². The standard InChI is InChI=1S/C19H18N6OS/c1-12-15(17(26)22-14-8-4-3-5-9-14)16(13-7-6-10-20-11-13)25-18(21-12)23-19(24-25)27-2/h3-11,16H,1-2H3,(H,22,26)(H,21,23,24)/t16-/m0/s1. The number of nitrogens with zero attached hydrogens (tertiary/aromatic N) is 4. The summed E-state index contributed by atoms with van der Waals surface area (Å²) >= 11 is 1.46. The van der Waals surface area contributed by atoms with E-state index >= 15 is 0 Å². The highest BCUT2D eigenvalue weighted by molar-refractivity contribution is 7.98. The van der Waals surface area contributed by atoms with Crippen LogP contribution < -0.4 is 10.6 Å². The van der Waals surface area contributed by atoms with Crippen LogP contribution >= 0.6 is 11.8 Å². The lowest BCUT2D eigenvalue weighted by Gasteiger charge is -2.28. The van der Waals surface area contributed by atoms with Gasteiger partial charge in [-0.2, -0.15) is 4.98 Å². The normalized spacial score (nSPS) is 15.9. The molecule has 8 heteroatoms. The van der Waals surface area contributed by atoms with Gasteiger partial charge in [0.05, 0.1) is 5.57 Å². The number of anilines is 2. The molecule has 1 aromatic carbocycles. The van der Waals surface area contributed by atoms with Gasteiger partial charge in [-0.1, -0.05) is 36.0 Å². The van der Waals surface area contributed by atoms with Gasteiger partial charge in [-0.15, -0.1) is 5.10 Å². The fourth-order valence-electron chi connectivity index (χ4n) is 3.08. The van der Waals surface area contributed by atoms with E-state index in [1.165, 1.54) is 11.8 Å². The molecule has 1 aliphatic heterocycles. The van der Waals surface area contributed by atoms with E-state index in [1.54, 1.807) is 17.1 Å². The molecule has 1 aliphatic rings. The predicted octanol–water partition coefficient (Wildman–Crippen LogP) is 3.32. The average Bonchev–Trinajstić information content (AvgIpc) is 3.11. The number of carbonyl (C=O) groups is 1. The molecule has 0 aliphatic carbocycles. The maximum absolute atomic E-state index is 13.2. The number of amides is 1. The second-order valence-corrected chi connectivity index (χ2v) is 6.81. The van der Waals surface area contributed by atoms with Gasteiger partial charge >= 0.3 is 0 Å². The topological polar surface area (TPSA) is 84.7 Å². The first-order valence-electron chi connectivity index (χ1n) is 8.42. The second-order valence-electron chi connectivity index (χ2n) is 6.04. The van der Waals surface area contributed by atoms with Crippen LogP contribution in [-0.2, 0) is 4.79 Å². The zero-order valence-corrected chi connectivity index (χ0v) is 15.7. The highest BCUT2D eigenvalue weighted by atomic mass is 32.2. The number of rotatable bonds is 4. The Morgan fingerprint density at radius 1 is 1.22 bits per heavy atom. The van der Waals surface area contributed by atoms with Crippen molar-refractivity contribution in [2.75, 3.05) is 16.9 Å². The van der Waals surface area contributed by atoms with Gasteiger partial charge in [-0.25, -0.2) is 4.68 Å². The van der Waals surface area contributed by atoms with Crippen molar-refractivity contribution in [3.8, 4) is 0 Å². The molecule has 0 radical (unpaired) electrons. The van der Waals surface area contributed by atoms with Crippen molar-refractivity contribution in [1.29, 1.82) is 0 Å². The molecule has 3 aromatic rings. The Balaban J connectivity index is 1.79. The van der Waals surface area contributed by atoms with Crippen molar-refractivity contribution in [3.63, 3.8) is 0 Å². The summed E-state index contributed by atoms with van der Waals surface area (Å²) in [5.74, 6) is 0.425. The summed E-state index contributed by atoms with van der Waals surface area (Å²) in [5, 5.41) is 11.4. The average molecular weight is 378 g/mol. The molecule has 7 nitrogen and oxygen atoms in total. The minimum atomic E-state index is -0.410. The Bertz CT molecular complexity index is 1000. The molecule has 0 saturated heterocycles. The fraction of sp³-hybridized carbons (Fsp3) is 0.158. The van der Waals surface area contributed by atoms with Gasteiger partial charge in [-0.05, 0) is 36.9 Å². The number of carbonyl (C=O) groups excluding carboxylic acids is 1. The van der Waals surface area contributed by atoms with E-state index in [2.05, 4.69) is 25.7 Å². The second kappa shape index (κ2) is 7.24. The van der Waals surface area contributed by atoms with Gasteiger partial charge in [0.2, 0.25) is 11.1 Å². The van der Waals surface area contributed by atoms with Crippen molar-refractivity contribution >= 4 is 29.3 Å². The number of nitrogens with one attached hydrogen (secondary N) is 2. The van der Waals surface area contributed by atoms with E-state index in [4.69, 9.17) is 0 Å². The van der Waals surface area contributed by atoms with Crippen LogP contribution in [0.2, 0.25) is 0 Å². The molecule has 0 unspecified atom stereocenters. The monoisotopic (exact) mass is 378 g/mol. The first-order chi connectivity index (χ1) is 13.2. The first-order valence-corrected chi connectivity index (χ1v) is 9.64. The smallest absolute Gasteiger partial charge is 0.255 e. The molecule has 1 amide bonds. The molecule has 0 saturated carbocycles. The molecule has 2 N–H and O–H groups in total. The van der Waals surface area contributed by atoms with Crippen LogP contribution in [-0.4, -0.2) is 31.9 Å². The van der Waals surface area contributed by atoms with Crippen molar-refractivity contribution in [1.82, 2.24) is 19.7 Å². The van der Waals surface area contributed by atoms with E-state index in [9.17, 15) is 4.79 Å².